The molecule has 2 fully saturated rings. The Balaban J connectivity index is 0.859. The molecule has 0 atom stereocenters. The predicted molar refractivity (Wildman–Crippen MR) is 236 cm³/mol. The zero-order valence-corrected chi connectivity index (χ0v) is 36.4. The fraction of sp³-hybridized carbons (Fsp3) is 0.362. The lowest BCUT2D eigenvalue weighted by atomic mass is 9.49. The predicted octanol–water partition coefficient (Wildman–Crippen LogP) is 7.92. The number of nitrogens with zero attached hydrogens (tertiary/aromatic N) is 6. The summed E-state index contributed by atoms with van der Waals surface area (Å²) in [6, 6.07) is 17.9. The number of rotatable bonds is 11. The van der Waals surface area contributed by atoms with E-state index in [1.54, 1.807) is 82.2 Å². The minimum Gasteiger partial charge on any atom is -0.489 e. The van der Waals surface area contributed by atoms with E-state index in [0.717, 1.165) is 23.8 Å². The number of hydrogen-bond acceptors (Lipinski definition) is 11. The van der Waals surface area contributed by atoms with Crippen molar-refractivity contribution in [1.82, 2.24) is 29.8 Å². The van der Waals surface area contributed by atoms with Gasteiger partial charge < -0.3 is 39.1 Å². The van der Waals surface area contributed by atoms with Crippen LogP contribution in [0.1, 0.15) is 75.9 Å². The van der Waals surface area contributed by atoms with Crippen LogP contribution in [0.15, 0.2) is 90.4 Å². The first-order valence-corrected chi connectivity index (χ1v) is 20.9. The van der Waals surface area contributed by atoms with Gasteiger partial charge in [0.05, 0.1) is 27.9 Å². The number of aromatic nitrogens is 5. The molecule has 5 heterocycles. The Hall–Kier alpha value is -6.43. The highest BCUT2D eigenvalue weighted by atomic mass is 35.5. The lowest BCUT2D eigenvalue weighted by Crippen LogP contribution is -2.74. The van der Waals surface area contributed by atoms with Gasteiger partial charge in [-0.3, -0.25) is 9.59 Å². The van der Waals surface area contributed by atoms with Crippen LogP contribution >= 0.6 is 11.6 Å². The number of H-pyrrole nitrogens is 1. The summed E-state index contributed by atoms with van der Waals surface area (Å²) in [6.45, 7) is 13.0. The van der Waals surface area contributed by atoms with Gasteiger partial charge in [-0.1, -0.05) is 45.4 Å². The number of carbonyl (C=O) groups excluding carboxylic acids is 1. The van der Waals surface area contributed by atoms with Crippen LogP contribution in [-0.2, 0) is 12.6 Å². The second-order valence-corrected chi connectivity index (χ2v) is 18.2. The normalized spacial score (nSPS) is 18.4. The lowest BCUT2D eigenvalue weighted by molar-refractivity contribution is -0.164. The Morgan fingerprint density at radius 1 is 0.952 bits per heavy atom. The van der Waals surface area contributed by atoms with Crippen LogP contribution in [0.2, 0.25) is 5.02 Å². The molecule has 3 N–H and O–H groups in total. The monoisotopic (exact) mass is 856 g/mol. The molecule has 1 aliphatic carbocycles. The molecule has 0 unspecified atom stereocenters. The van der Waals surface area contributed by atoms with E-state index < -0.39 is 16.4 Å². The van der Waals surface area contributed by atoms with Crippen molar-refractivity contribution in [3.63, 3.8) is 0 Å². The number of nitriles is 1. The summed E-state index contributed by atoms with van der Waals surface area (Å²) in [5, 5.41) is 24.3. The van der Waals surface area contributed by atoms with Crippen molar-refractivity contribution in [2.24, 2.45) is 17.9 Å². The van der Waals surface area contributed by atoms with Crippen molar-refractivity contribution in [2.45, 2.75) is 78.2 Å². The summed E-state index contributed by atoms with van der Waals surface area (Å²) in [5.41, 5.74) is 1.38. The van der Waals surface area contributed by atoms with Gasteiger partial charge in [-0.25, -0.2) is 15.0 Å². The number of benzene rings is 2. The Labute approximate surface area is 364 Å². The number of aliphatic hydroxyl groups is 1. The van der Waals surface area contributed by atoms with Crippen LogP contribution in [-0.4, -0.2) is 66.9 Å². The van der Waals surface area contributed by atoms with E-state index in [9.17, 15) is 20.0 Å². The van der Waals surface area contributed by atoms with Crippen molar-refractivity contribution < 1.29 is 24.1 Å². The zero-order valence-electron chi connectivity index (χ0n) is 35.7. The molecule has 8 rings (SSSR count). The van der Waals surface area contributed by atoms with Crippen LogP contribution < -0.4 is 30.0 Å². The molecule has 62 heavy (non-hydrogen) atoms. The number of fused-ring (bicyclic) bond motifs is 1. The lowest BCUT2D eigenvalue weighted by Gasteiger charge is -2.63. The zero-order chi connectivity index (χ0) is 44.1. The van der Waals surface area contributed by atoms with Gasteiger partial charge in [0, 0.05) is 103 Å². The third-order valence-corrected chi connectivity index (χ3v) is 12.5. The first-order chi connectivity index (χ1) is 29.4. The third kappa shape index (κ3) is 8.06. The fourth-order valence-electron chi connectivity index (χ4n) is 9.07. The average Bonchev–Trinajstić information content (AvgIpc) is 3.75. The molecular formula is C47H49ClN8O6. The van der Waals surface area contributed by atoms with Gasteiger partial charge in [-0.05, 0) is 55.8 Å². The number of amides is 1. The van der Waals surface area contributed by atoms with E-state index in [-0.39, 0.29) is 29.7 Å². The summed E-state index contributed by atoms with van der Waals surface area (Å²) in [4.78, 5) is 45.0. The molecule has 15 heteroatoms. The van der Waals surface area contributed by atoms with Crippen molar-refractivity contribution in [3.8, 4) is 40.3 Å². The summed E-state index contributed by atoms with van der Waals surface area (Å²) in [6.07, 6.45) is 9.40. The Morgan fingerprint density at radius 2 is 1.66 bits per heavy atom. The SMILES string of the molecule is Cn1cc(-c2cc(C(C)(C)O)ccc2Oc2ccc(OC3CCN(c4ncc(C(=O)NC5C(C)(C)C(Oc6ccc(C#N)c(Cl)c6)C5(C)C)cn4)CC3)nc2)c2cc[nH]c2c1=O. The number of pyridine rings is 2. The van der Waals surface area contributed by atoms with Crippen molar-refractivity contribution in [2.75, 3.05) is 18.0 Å². The molecular weight excluding hydrogens is 808 g/mol. The minimum absolute atomic E-state index is 0.0686. The molecule has 6 aromatic rings. The van der Waals surface area contributed by atoms with E-state index in [0.29, 0.717) is 75.0 Å². The number of ether oxygens (including phenoxy) is 3. The second kappa shape index (κ2) is 16.1. The molecule has 0 bridgehead atoms. The number of carbonyl (C=O) groups is 1. The minimum atomic E-state index is -1.10. The maximum absolute atomic E-state index is 13.5. The van der Waals surface area contributed by atoms with E-state index in [1.165, 1.54) is 4.57 Å². The molecule has 1 saturated heterocycles. The molecule has 2 aliphatic rings. The van der Waals surface area contributed by atoms with Gasteiger partial charge in [-0.15, -0.1) is 0 Å². The maximum atomic E-state index is 13.5. The summed E-state index contributed by atoms with van der Waals surface area (Å²) >= 11 is 6.25. The molecule has 0 radical (unpaired) electrons. The van der Waals surface area contributed by atoms with Crippen molar-refractivity contribution in [1.29, 1.82) is 5.26 Å². The van der Waals surface area contributed by atoms with Gasteiger partial charge in [0.15, 0.2) is 0 Å². The van der Waals surface area contributed by atoms with Crippen LogP contribution in [0.25, 0.3) is 22.0 Å². The Morgan fingerprint density at radius 3 is 2.31 bits per heavy atom. The van der Waals surface area contributed by atoms with Gasteiger partial charge in [0.1, 0.15) is 41.0 Å². The number of aryl methyl sites for hydroxylation is 1. The van der Waals surface area contributed by atoms with Crippen molar-refractivity contribution >= 4 is 34.4 Å². The summed E-state index contributed by atoms with van der Waals surface area (Å²) in [7, 11) is 1.70. The molecule has 1 saturated carbocycles. The molecule has 4 aromatic heterocycles. The number of hydrogen-bond donors (Lipinski definition) is 3. The number of aromatic amines is 1. The molecule has 14 nitrogen and oxygen atoms in total. The Kier molecular flexibility index (Phi) is 11.0. The highest BCUT2D eigenvalue weighted by molar-refractivity contribution is 6.31. The Bertz CT molecular complexity index is 2730. The molecule has 320 valence electrons. The van der Waals surface area contributed by atoms with E-state index in [1.807, 2.05) is 24.3 Å². The second-order valence-electron chi connectivity index (χ2n) is 17.8. The van der Waals surface area contributed by atoms with Crippen LogP contribution in [0.3, 0.4) is 0 Å². The average molecular weight is 857 g/mol. The van der Waals surface area contributed by atoms with Gasteiger partial charge >= 0.3 is 0 Å². The quantitative estimate of drug-likeness (QED) is 0.115. The van der Waals surface area contributed by atoms with Gasteiger partial charge in [-0.2, -0.15) is 5.26 Å². The molecule has 0 spiro atoms. The van der Waals surface area contributed by atoms with Gasteiger partial charge in [0.25, 0.3) is 11.5 Å². The summed E-state index contributed by atoms with van der Waals surface area (Å²) in [5.74, 6) is 2.37. The number of nitrogens with one attached hydrogen (secondary N) is 2. The highest BCUT2D eigenvalue weighted by Crippen LogP contribution is 2.55. The molecule has 1 aliphatic heterocycles. The number of anilines is 1. The van der Waals surface area contributed by atoms with Crippen molar-refractivity contribution in [3.05, 3.63) is 118 Å². The smallest absolute Gasteiger partial charge is 0.274 e. The van der Waals surface area contributed by atoms with Crippen LogP contribution in [0.5, 0.6) is 23.1 Å². The van der Waals surface area contributed by atoms with E-state index in [2.05, 4.69) is 63.9 Å². The third-order valence-electron chi connectivity index (χ3n) is 12.1. The van der Waals surface area contributed by atoms with Crippen LogP contribution in [0.4, 0.5) is 5.95 Å². The van der Waals surface area contributed by atoms with Gasteiger partial charge in [0.2, 0.25) is 11.8 Å². The molecule has 1 amide bonds. The first-order valence-electron chi connectivity index (χ1n) is 20.5. The molecule has 2 aromatic carbocycles. The number of piperidine rings is 1. The first kappa shape index (κ1) is 42.3. The standard InChI is InChI=1S/C47H49ClN8O6/c1-45(2)42(46(3,4)43(45)62-31-10-8-27(22-49)36(48)21-31)54-40(57)28-23-52-44(53-24-28)56-18-15-30(16-19-56)61-38-13-11-32(25-51-38)60-37-12-9-29(47(5,6)59)20-34(37)35-26-55(7)41(58)39-33(35)14-17-50-39/h8-14,17,20-21,23-26,30,42-43,50,59H,15-16,18-19H2,1-7H3,(H,54,57). The largest absolute Gasteiger partial charge is 0.489 e. The topological polar surface area (TPSA) is 181 Å². The maximum Gasteiger partial charge on any atom is 0.274 e. The summed E-state index contributed by atoms with van der Waals surface area (Å²) < 4.78 is 20.5. The highest BCUT2D eigenvalue weighted by Gasteiger charge is 2.64. The van der Waals surface area contributed by atoms with Crippen LogP contribution in [0, 0.1) is 22.2 Å². The van der Waals surface area contributed by atoms with E-state index >= 15 is 0 Å². The number of halogens is 1. The fourth-order valence-corrected chi connectivity index (χ4v) is 9.29. The van der Waals surface area contributed by atoms with E-state index in [4.69, 9.17) is 25.8 Å².